The largest absolute Gasteiger partial charge is 0.496 e. The number of carbonyl (C=O) groups is 1. The first kappa shape index (κ1) is 17.7. The van der Waals surface area contributed by atoms with Gasteiger partial charge in [-0.25, -0.2) is 4.79 Å². The van der Waals surface area contributed by atoms with Crippen LogP contribution in [0.25, 0.3) is 5.52 Å². The van der Waals surface area contributed by atoms with Crippen LogP contribution in [0.2, 0.25) is 0 Å². The molecule has 1 N–H and O–H groups in total. The Morgan fingerprint density at radius 1 is 1.20 bits per heavy atom. The van der Waals surface area contributed by atoms with Crippen molar-refractivity contribution in [1.82, 2.24) is 4.40 Å². The smallest absolute Gasteiger partial charge is 0.477 e. The summed E-state index contributed by atoms with van der Waals surface area (Å²) in [4.78, 5) is 23.9. The number of aromatic nitrogens is 1. The molecule has 0 bridgehead atoms. The van der Waals surface area contributed by atoms with Crippen molar-refractivity contribution in [2.75, 3.05) is 0 Å². The normalized spacial score (nSPS) is 18.7. The lowest BCUT2D eigenvalue weighted by molar-refractivity contribution is 0.00578. The number of aromatic carboxylic acids is 1. The lowest BCUT2D eigenvalue weighted by Gasteiger charge is -2.32. The van der Waals surface area contributed by atoms with Gasteiger partial charge in [-0.1, -0.05) is 13.0 Å². The van der Waals surface area contributed by atoms with E-state index in [0.717, 1.165) is 5.56 Å². The maximum absolute atomic E-state index is 12.6. The molecular weight excluding hydrogens is 321 g/mol. The number of pyridine rings is 2. The topological polar surface area (TPSA) is 77.2 Å². The van der Waals surface area contributed by atoms with E-state index in [1.165, 1.54) is 10.5 Å². The van der Waals surface area contributed by atoms with Crippen molar-refractivity contribution >= 4 is 24.1 Å². The number of carboxylic acid groups (broad SMARTS) is 1. The van der Waals surface area contributed by atoms with Crippen molar-refractivity contribution in [1.29, 1.82) is 0 Å². The molecule has 1 saturated heterocycles. The molecule has 1 aliphatic heterocycles. The van der Waals surface area contributed by atoms with Gasteiger partial charge < -0.3 is 14.4 Å². The zero-order valence-electron chi connectivity index (χ0n) is 15.1. The molecule has 3 heterocycles. The van der Waals surface area contributed by atoms with Gasteiger partial charge in [-0.3, -0.25) is 9.20 Å². The van der Waals surface area contributed by atoms with Crippen LogP contribution in [0, 0.1) is 0 Å². The Morgan fingerprint density at radius 2 is 1.80 bits per heavy atom. The van der Waals surface area contributed by atoms with Gasteiger partial charge >= 0.3 is 13.1 Å². The molecule has 1 aliphatic rings. The van der Waals surface area contributed by atoms with Gasteiger partial charge in [0.2, 0.25) is 0 Å². The molecule has 1 fully saturated rings. The van der Waals surface area contributed by atoms with E-state index in [1.54, 1.807) is 6.20 Å². The van der Waals surface area contributed by atoms with Crippen molar-refractivity contribution in [2.24, 2.45) is 0 Å². The van der Waals surface area contributed by atoms with E-state index in [4.69, 9.17) is 9.31 Å². The summed E-state index contributed by atoms with van der Waals surface area (Å²) in [6.07, 6.45) is 2.24. The van der Waals surface area contributed by atoms with Crippen LogP contribution in [-0.4, -0.2) is 33.8 Å². The molecule has 6 nitrogen and oxygen atoms in total. The Bertz CT molecular complexity index is 900. The first-order chi connectivity index (χ1) is 11.6. The second-order valence-electron chi connectivity index (χ2n) is 7.35. The molecule has 0 spiro atoms. The van der Waals surface area contributed by atoms with Gasteiger partial charge in [0.15, 0.2) is 0 Å². The van der Waals surface area contributed by atoms with Crippen LogP contribution in [0.5, 0.6) is 0 Å². The van der Waals surface area contributed by atoms with E-state index in [2.05, 4.69) is 0 Å². The number of hydrogen-bond acceptors (Lipinski definition) is 4. The third-order valence-corrected chi connectivity index (χ3v) is 5.20. The molecule has 0 aliphatic carbocycles. The third kappa shape index (κ3) is 2.77. The first-order valence-electron chi connectivity index (χ1n) is 8.34. The van der Waals surface area contributed by atoms with Gasteiger partial charge in [-0.15, -0.1) is 0 Å². The monoisotopic (exact) mass is 343 g/mol. The quantitative estimate of drug-likeness (QED) is 0.861. The lowest BCUT2D eigenvalue weighted by atomic mass is 9.80. The number of carboxylic acids is 1. The first-order valence-corrected chi connectivity index (χ1v) is 8.34. The molecule has 2 aromatic heterocycles. The Labute approximate surface area is 146 Å². The van der Waals surface area contributed by atoms with Crippen LogP contribution in [0.15, 0.2) is 29.2 Å². The Hall–Kier alpha value is -2.12. The number of aryl methyl sites for hydroxylation is 1. The van der Waals surface area contributed by atoms with Crippen LogP contribution in [-0.2, 0) is 15.7 Å². The minimum atomic E-state index is -1.23. The number of rotatable bonds is 3. The minimum Gasteiger partial charge on any atom is -0.477 e. The van der Waals surface area contributed by atoms with Gasteiger partial charge in [-0.05, 0) is 57.3 Å². The second-order valence-corrected chi connectivity index (χ2v) is 7.35. The van der Waals surface area contributed by atoms with Crippen molar-refractivity contribution in [3.63, 3.8) is 0 Å². The zero-order valence-corrected chi connectivity index (χ0v) is 15.1. The van der Waals surface area contributed by atoms with Crippen LogP contribution in [0.3, 0.4) is 0 Å². The van der Waals surface area contributed by atoms with E-state index >= 15 is 0 Å². The minimum absolute atomic E-state index is 0.236. The van der Waals surface area contributed by atoms with Crippen molar-refractivity contribution in [3.8, 4) is 0 Å². The summed E-state index contributed by atoms with van der Waals surface area (Å²) in [5.41, 5.74) is 0.399. The van der Waals surface area contributed by atoms with E-state index in [1.807, 2.05) is 46.8 Å². The lowest BCUT2D eigenvalue weighted by Crippen LogP contribution is -2.41. The average molecular weight is 343 g/mol. The summed E-state index contributed by atoms with van der Waals surface area (Å²) in [5.74, 6) is -1.23. The standard InChI is InChI=1S/C18H22BNO5/c1-6-11-9-13(16(22)23)15(21)20-10-12(7-8-14(11)20)19-24-17(2,3)18(4,5)25-19/h7-10H,6H2,1-5H3,(H,22,23). The SMILES string of the molecule is CCc1cc(C(=O)O)c(=O)n2cc(B3OC(C)(C)C(C)(C)O3)ccc12. The molecule has 2 aromatic rings. The van der Waals surface area contributed by atoms with Crippen LogP contribution < -0.4 is 11.0 Å². The fourth-order valence-electron chi connectivity index (χ4n) is 2.94. The predicted octanol–water partition coefficient (Wildman–Crippen LogP) is 1.86. The highest BCUT2D eigenvalue weighted by Crippen LogP contribution is 2.36. The summed E-state index contributed by atoms with van der Waals surface area (Å²) in [7, 11) is -0.611. The highest BCUT2D eigenvalue weighted by Gasteiger charge is 2.51. The van der Waals surface area contributed by atoms with E-state index in [-0.39, 0.29) is 5.56 Å². The number of nitrogens with zero attached hydrogens (tertiary/aromatic N) is 1. The molecular formula is C18H22BNO5. The van der Waals surface area contributed by atoms with Gasteiger partial charge in [0.05, 0.1) is 16.7 Å². The summed E-state index contributed by atoms with van der Waals surface area (Å²) >= 11 is 0. The number of fused-ring (bicyclic) bond motifs is 1. The molecule has 0 amide bonds. The van der Waals surface area contributed by atoms with Gasteiger partial charge in [0.25, 0.3) is 5.56 Å². The Kier molecular flexibility index (Phi) is 4.04. The zero-order chi connectivity index (χ0) is 18.6. The van der Waals surface area contributed by atoms with Crippen LogP contribution >= 0.6 is 0 Å². The molecule has 0 radical (unpaired) electrons. The molecule has 0 aromatic carbocycles. The fraction of sp³-hybridized carbons (Fsp3) is 0.444. The molecule has 0 atom stereocenters. The molecule has 0 saturated carbocycles. The van der Waals surface area contributed by atoms with E-state index < -0.39 is 29.8 Å². The molecule has 3 rings (SSSR count). The maximum atomic E-state index is 12.6. The average Bonchev–Trinajstić information content (AvgIpc) is 2.75. The maximum Gasteiger partial charge on any atom is 0.496 e. The highest BCUT2D eigenvalue weighted by molar-refractivity contribution is 6.62. The van der Waals surface area contributed by atoms with Crippen molar-refractivity contribution in [2.45, 2.75) is 52.2 Å². The summed E-state index contributed by atoms with van der Waals surface area (Å²) in [5, 5.41) is 9.30. The third-order valence-electron chi connectivity index (χ3n) is 5.20. The second kappa shape index (κ2) is 5.71. The Balaban J connectivity index is 2.16. The number of hydrogen-bond donors (Lipinski definition) is 1. The highest BCUT2D eigenvalue weighted by atomic mass is 16.7. The summed E-state index contributed by atoms with van der Waals surface area (Å²) in [6, 6.07) is 5.12. The van der Waals surface area contributed by atoms with Gasteiger partial charge in [0, 0.05) is 6.20 Å². The summed E-state index contributed by atoms with van der Waals surface area (Å²) in [6.45, 7) is 9.75. The summed E-state index contributed by atoms with van der Waals surface area (Å²) < 4.78 is 13.4. The molecule has 25 heavy (non-hydrogen) atoms. The van der Waals surface area contributed by atoms with Crippen molar-refractivity contribution < 1.29 is 19.2 Å². The Morgan fingerprint density at radius 3 is 2.32 bits per heavy atom. The van der Waals surface area contributed by atoms with E-state index in [0.29, 0.717) is 17.4 Å². The molecule has 7 heteroatoms. The van der Waals surface area contributed by atoms with Gasteiger partial charge in [-0.2, -0.15) is 0 Å². The van der Waals surface area contributed by atoms with Crippen LogP contribution in [0.4, 0.5) is 0 Å². The predicted molar refractivity (Wildman–Crippen MR) is 95.7 cm³/mol. The molecule has 0 unspecified atom stereocenters. The van der Waals surface area contributed by atoms with Gasteiger partial charge in [0.1, 0.15) is 5.56 Å². The molecule has 132 valence electrons. The van der Waals surface area contributed by atoms with Crippen LogP contribution in [0.1, 0.15) is 50.5 Å². The van der Waals surface area contributed by atoms with Crippen molar-refractivity contribution in [3.05, 3.63) is 45.9 Å². The van der Waals surface area contributed by atoms with E-state index in [9.17, 15) is 14.7 Å². The fourth-order valence-corrected chi connectivity index (χ4v) is 2.94.